The molecule has 29 heavy (non-hydrogen) atoms. The summed E-state index contributed by atoms with van der Waals surface area (Å²) in [6.07, 6.45) is 3.09. The van der Waals surface area contributed by atoms with E-state index in [0.717, 1.165) is 24.7 Å². The number of methoxy groups -OCH3 is 1. The molecule has 3 rings (SSSR count). The summed E-state index contributed by atoms with van der Waals surface area (Å²) in [6, 6.07) is 4.51. The Labute approximate surface area is 167 Å². The summed E-state index contributed by atoms with van der Waals surface area (Å²) < 4.78 is 34.2. The number of aryl methyl sites for hydroxylation is 1. The van der Waals surface area contributed by atoms with Gasteiger partial charge in [-0.3, -0.25) is 14.8 Å². The van der Waals surface area contributed by atoms with Gasteiger partial charge in [0, 0.05) is 32.3 Å². The molecule has 2 heterocycles. The molecule has 2 aromatic rings. The molecule has 0 atom stereocenters. The molecule has 10 heteroatoms. The molecular weight excluding hydrogens is 384 g/mol. The zero-order chi connectivity index (χ0) is 20.8. The number of hydrogen-bond acceptors (Lipinski definition) is 6. The van der Waals surface area contributed by atoms with Crippen LogP contribution in [0.25, 0.3) is 6.08 Å². The van der Waals surface area contributed by atoms with E-state index in [1.807, 2.05) is 6.92 Å². The molecule has 1 aromatic heterocycles. The minimum Gasteiger partial charge on any atom is -0.493 e. The summed E-state index contributed by atoms with van der Waals surface area (Å²) in [5, 5.41) is 6.96. The number of ether oxygens (including phenoxy) is 2. The summed E-state index contributed by atoms with van der Waals surface area (Å²) in [5.41, 5.74) is 0.649. The number of aromatic amines is 1. The van der Waals surface area contributed by atoms with E-state index in [4.69, 9.17) is 4.74 Å². The van der Waals surface area contributed by atoms with Gasteiger partial charge in [-0.2, -0.15) is 13.9 Å². The summed E-state index contributed by atoms with van der Waals surface area (Å²) >= 11 is 0. The van der Waals surface area contributed by atoms with Crippen molar-refractivity contribution < 1.29 is 23.0 Å². The molecule has 0 bridgehead atoms. The molecule has 0 radical (unpaired) electrons. The second-order valence-corrected chi connectivity index (χ2v) is 6.56. The molecule has 1 aliphatic rings. The van der Waals surface area contributed by atoms with Crippen molar-refractivity contribution in [2.24, 2.45) is 0 Å². The van der Waals surface area contributed by atoms with Crippen LogP contribution in [-0.4, -0.2) is 70.8 Å². The maximum Gasteiger partial charge on any atom is 0.387 e. The Morgan fingerprint density at radius 2 is 2.03 bits per heavy atom. The fourth-order valence-corrected chi connectivity index (χ4v) is 3.04. The Kier molecular flexibility index (Phi) is 6.76. The molecule has 0 unspecified atom stereocenters. The summed E-state index contributed by atoms with van der Waals surface area (Å²) in [4.78, 5) is 20.7. The van der Waals surface area contributed by atoms with Crippen molar-refractivity contribution in [3.05, 3.63) is 41.5 Å². The van der Waals surface area contributed by atoms with Crippen LogP contribution >= 0.6 is 0 Å². The molecule has 1 saturated heterocycles. The Balaban J connectivity index is 1.53. The van der Waals surface area contributed by atoms with E-state index >= 15 is 0 Å². The predicted octanol–water partition coefficient (Wildman–Crippen LogP) is 2.08. The zero-order valence-corrected chi connectivity index (χ0v) is 16.3. The van der Waals surface area contributed by atoms with Crippen LogP contribution in [0.5, 0.6) is 11.5 Å². The van der Waals surface area contributed by atoms with Gasteiger partial charge >= 0.3 is 6.61 Å². The van der Waals surface area contributed by atoms with Gasteiger partial charge in [0.15, 0.2) is 17.3 Å². The maximum atomic E-state index is 12.4. The highest BCUT2D eigenvalue weighted by Gasteiger charge is 2.20. The van der Waals surface area contributed by atoms with Crippen LogP contribution in [0.4, 0.5) is 8.78 Å². The first-order valence-electron chi connectivity index (χ1n) is 9.14. The molecule has 1 N–H and O–H groups in total. The lowest BCUT2D eigenvalue weighted by Crippen LogP contribution is -2.47. The van der Waals surface area contributed by atoms with Gasteiger partial charge in [-0.05, 0) is 30.7 Å². The number of hydrogen-bond donors (Lipinski definition) is 1. The van der Waals surface area contributed by atoms with Gasteiger partial charge in [0.2, 0.25) is 5.91 Å². The smallest absolute Gasteiger partial charge is 0.387 e. The highest BCUT2D eigenvalue weighted by molar-refractivity contribution is 5.92. The number of benzene rings is 1. The van der Waals surface area contributed by atoms with E-state index < -0.39 is 6.61 Å². The molecule has 1 aromatic carbocycles. The van der Waals surface area contributed by atoms with Gasteiger partial charge in [0.25, 0.3) is 0 Å². The number of H-pyrrole nitrogens is 1. The number of rotatable bonds is 7. The van der Waals surface area contributed by atoms with Gasteiger partial charge in [-0.15, -0.1) is 0 Å². The van der Waals surface area contributed by atoms with Gasteiger partial charge in [0.1, 0.15) is 5.82 Å². The van der Waals surface area contributed by atoms with Crippen LogP contribution in [-0.2, 0) is 11.3 Å². The third-order valence-corrected chi connectivity index (χ3v) is 4.51. The lowest BCUT2D eigenvalue weighted by molar-refractivity contribution is -0.127. The van der Waals surface area contributed by atoms with E-state index in [2.05, 4.69) is 24.8 Å². The van der Waals surface area contributed by atoms with Gasteiger partial charge in [0.05, 0.1) is 13.7 Å². The van der Waals surface area contributed by atoms with E-state index in [0.29, 0.717) is 25.2 Å². The molecule has 0 spiro atoms. The summed E-state index contributed by atoms with van der Waals surface area (Å²) in [6.45, 7) is 2.26. The quantitative estimate of drug-likeness (QED) is 0.708. The largest absolute Gasteiger partial charge is 0.493 e. The van der Waals surface area contributed by atoms with Crippen molar-refractivity contribution in [3.63, 3.8) is 0 Å². The van der Waals surface area contributed by atoms with Gasteiger partial charge < -0.3 is 14.4 Å². The first-order valence-corrected chi connectivity index (χ1v) is 9.14. The van der Waals surface area contributed by atoms with E-state index in [9.17, 15) is 13.6 Å². The first-order chi connectivity index (χ1) is 13.9. The standard InChI is InChI=1S/C19H23F2N5O3/c1-13-22-17(24-23-13)12-25-7-9-26(10-8-25)18(27)6-4-14-3-5-15(29-19(20)21)16(11-14)28-2/h3-6,11,19H,7-10,12H2,1-2H3,(H,22,23,24)/b6-4+. The minimum atomic E-state index is -2.93. The molecule has 1 aliphatic heterocycles. The average molecular weight is 407 g/mol. The number of aromatic nitrogens is 3. The Morgan fingerprint density at radius 1 is 1.28 bits per heavy atom. The molecule has 156 valence electrons. The molecular formula is C19H23F2N5O3. The fraction of sp³-hybridized carbons (Fsp3) is 0.421. The predicted molar refractivity (Wildman–Crippen MR) is 102 cm³/mol. The maximum absolute atomic E-state index is 12.4. The van der Waals surface area contributed by atoms with Crippen molar-refractivity contribution in [3.8, 4) is 11.5 Å². The normalized spacial score (nSPS) is 15.3. The minimum absolute atomic E-state index is 0.0521. The topological polar surface area (TPSA) is 83.6 Å². The Morgan fingerprint density at radius 3 is 2.66 bits per heavy atom. The number of carbonyl (C=O) groups excluding carboxylic acids is 1. The van der Waals surface area contributed by atoms with Crippen molar-refractivity contribution in [2.75, 3.05) is 33.3 Å². The van der Waals surface area contributed by atoms with Crippen molar-refractivity contribution in [1.29, 1.82) is 0 Å². The molecule has 8 nitrogen and oxygen atoms in total. The fourth-order valence-electron chi connectivity index (χ4n) is 3.04. The van der Waals surface area contributed by atoms with Crippen molar-refractivity contribution in [1.82, 2.24) is 25.0 Å². The number of piperazine rings is 1. The first kappa shape index (κ1) is 20.7. The third kappa shape index (κ3) is 5.74. The van der Waals surface area contributed by atoms with Gasteiger partial charge in [-0.1, -0.05) is 6.07 Å². The molecule has 1 fully saturated rings. The third-order valence-electron chi connectivity index (χ3n) is 4.51. The second kappa shape index (κ2) is 9.46. The average Bonchev–Trinajstić information content (AvgIpc) is 3.11. The van der Waals surface area contributed by atoms with Crippen LogP contribution in [0.15, 0.2) is 24.3 Å². The molecule has 0 aliphatic carbocycles. The monoisotopic (exact) mass is 407 g/mol. The highest BCUT2D eigenvalue weighted by Crippen LogP contribution is 2.29. The lowest BCUT2D eigenvalue weighted by Gasteiger charge is -2.33. The number of nitrogens with one attached hydrogen (secondary N) is 1. The van der Waals surface area contributed by atoms with Crippen LogP contribution in [0.3, 0.4) is 0 Å². The Hall–Kier alpha value is -3.01. The van der Waals surface area contributed by atoms with E-state index in [1.54, 1.807) is 17.0 Å². The van der Waals surface area contributed by atoms with Crippen LogP contribution in [0, 0.1) is 6.92 Å². The SMILES string of the molecule is COc1cc(/C=C/C(=O)N2CCN(Cc3n[nH]c(C)n3)CC2)ccc1OC(F)F. The number of amides is 1. The molecule has 0 saturated carbocycles. The number of carbonyl (C=O) groups is 1. The number of nitrogens with zero attached hydrogens (tertiary/aromatic N) is 4. The second-order valence-electron chi connectivity index (χ2n) is 6.56. The number of alkyl halides is 2. The summed E-state index contributed by atoms with van der Waals surface area (Å²) in [5.74, 6) is 1.55. The Bertz CT molecular complexity index is 863. The zero-order valence-electron chi connectivity index (χ0n) is 16.3. The van der Waals surface area contributed by atoms with Crippen molar-refractivity contribution >= 4 is 12.0 Å². The van der Waals surface area contributed by atoms with Crippen LogP contribution < -0.4 is 9.47 Å². The summed E-state index contributed by atoms with van der Waals surface area (Å²) in [7, 11) is 1.37. The number of halogens is 2. The van der Waals surface area contributed by atoms with Crippen LogP contribution in [0.1, 0.15) is 17.2 Å². The van der Waals surface area contributed by atoms with Gasteiger partial charge in [-0.25, -0.2) is 4.98 Å². The highest BCUT2D eigenvalue weighted by atomic mass is 19.3. The van der Waals surface area contributed by atoms with E-state index in [-0.39, 0.29) is 17.4 Å². The van der Waals surface area contributed by atoms with Crippen LogP contribution in [0.2, 0.25) is 0 Å². The van der Waals surface area contributed by atoms with E-state index in [1.165, 1.54) is 25.3 Å². The lowest BCUT2D eigenvalue weighted by atomic mass is 10.2. The van der Waals surface area contributed by atoms with Crippen molar-refractivity contribution in [2.45, 2.75) is 20.1 Å². The molecule has 1 amide bonds.